The van der Waals surface area contributed by atoms with Gasteiger partial charge in [-0.25, -0.2) is 0 Å². The molecule has 7 atom stereocenters. The van der Waals surface area contributed by atoms with Gasteiger partial charge in [0.05, 0.1) is 6.10 Å². The molecule has 0 saturated heterocycles. The highest BCUT2D eigenvalue weighted by molar-refractivity contribution is 5.78. The zero-order chi connectivity index (χ0) is 17.7. The molecule has 0 aromatic carbocycles. The minimum absolute atomic E-state index is 0.0908. The highest BCUT2D eigenvalue weighted by atomic mass is 16.3. The van der Waals surface area contributed by atoms with Crippen LogP contribution in [0.4, 0.5) is 0 Å². The summed E-state index contributed by atoms with van der Waals surface area (Å²) in [6.45, 7) is 4.97. The van der Waals surface area contributed by atoms with Gasteiger partial charge in [-0.1, -0.05) is 37.6 Å². The first kappa shape index (κ1) is 15.6. The Balaban J connectivity index is 1.39. The van der Waals surface area contributed by atoms with E-state index in [9.17, 15) is 5.11 Å². The number of pyridine rings is 1. The van der Waals surface area contributed by atoms with Crippen LogP contribution in [-0.4, -0.2) is 16.2 Å². The van der Waals surface area contributed by atoms with E-state index in [0.717, 1.165) is 18.3 Å². The Bertz CT molecular complexity index is 841. The van der Waals surface area contributed by atoms with Crippen LogP contribution in [0.1, 0.15) is 57.9 Å². The van der Waals surface area contributed by atoms with Crippen molar-refractivity contribution in [3.63, 3.8) is 0 Å². The first-order chi connectivity index (χ1) is 12.5. The fourth-order valence-corrected chi connectivity index (χ4v) is 8.25. The van der Waals surface area contributed by atoms with E-state index in [2.05, 4.69) is 37.0 Å². The fraction of sp³-hybridized carbons (Fsp3) is 0.625. The number of aromatic nitrogens is 1. The van der Waals surface area contributed by atoms with E-state index in [1.165, 1.54) is 43.2 Å². The molecular weight excluding hydrogens is 318 g/mol. The van der Waals surface area contributed by atoms with Crippen molar-refractivity contribution in [1.82, 2.24) is 4.98 Å². The third-order valence-corrected chi connectivity index (χ3v) is 9.59. The number of nitrogens with zero attached hydrogens (tertiary/aromatic N) is 1. The van der Waals surface area contributed by atoms with Gasteiger partial charge in [0.15, 0.2) is 0 Å². The lowest BCUT2D eigenvalue weighted by Crippen LogP contribution is -2.54. The molecule has 26 heavy (non-hydrogen) atoms. The van der Waals surface area contributed by atoms with Crippen LogP contribution < -0.4 is 0 Å². The number of rotatable bonds is 1. The maximum absolute atomic E-state index is 11.2. The quantitative estimate of drug-likeness (QED) is 0.775. The van der Waals surface area contributed by atoms with E-state index in [-0.39, 0.29) is 16.9 Å². The minimum atomic E-state index is -0.0908. The number of aliphatic hydroxyl groups is 1. The van der Waals surface area contributed by atoms with Crippen molar-refractivity contribution < 1.29 is 5.11 Å². The molecule has 0 amide bonds. The Labute approximate surface area is 156 Å². The normalized spacial score (nSPS) is 50.9. The molecule has 1 aromatic rings. The Morgan fingerprint density at radius 3 is 2.81 bits per heavy atom. The highest BCUT2D eigenvalue weighted by Crippen LogP contribution is 2.81. The molecule has 1 N–H and O–H groups in total. The molecule has 4 fully saturated rings. The van der Waals surface area contributed by atoms with Crippen molar-refractivity contribution in [2.24, 2.45) is 34.0 Å². The SMILES string of the molecule is C[C@]12CC[C@H]3[C@@H](CC(O)C45CC4CC[C@]35C)C1=CC=C2c1cccnc1. The number of hydrogen-bond donors (Lipinski definition) is 1. The smallest absolute Gasteiger partial charge is 0.0610 e. The third-order valence-electron chi connectivity index (χ3n) is 9.59. The van der Waals surface area contributed by atoms with E-state index in [1.807, 2.05) is 18.5 Å². The average molecular weight is 348 g/mol. The van der Waals surface area contributed by atoms with E-state index in [0.29, 0.717) is 11.3 Å². The molecule has 136 valence electrons. The summed E-state index contributed by atoms with van der Waals surface area (Å²) in [5.41, 5.74) is 5.08. The number of allylic oxidation sites excluding steroid dienone is 4. The average Bonchev–Trinajstić information content (AvgIpc) is 3.17. The minimum Gasteiger partial charge on any atom is -0.392 e. The first-order valence-corrected chi connectivity index (χ1v) is 10.5. The van der Waals surface area contributed by atoms with Gasteiger partial charge in [0.25, 0.3) is 0 Å². The van der Waals surface area contributed by atoms with Crippen molar-refractivity contribution >= 4 is 5.57 Å². The highest BCUT2D eigenvalue weighted by Gasteiger charge is 2.76. The van der Waals surface area contributed by atoms with Crippen molar-refractivity contribution in [3.8, 4) is 0 Å². The summed E-state index contributed by atoms with van der Waals surface area (Å²) in [7, 11) is 0. The standard InChI is InChI=1S/C24H29NO/c1-22-9-8-20-17(12-21(26)24-13-16(24)7-10-23(20,24)2)19(22)6-5-18(22)15-4-3-11-25-14-15/h3-6,11,14,16-17,20-21,26H,7-10,12-13H2,1-2H3/t16?,17-,20-,21?,22+,23+,24?/m0/s1. The van der Waals surface area contributed by atoms with Crippen LogP contribution in [0, 0.1) is 34.0 Å². The zero-order valence-electron chi connectivity index (χ0n) is 15.9. The molecule has 1 heterocycles. The van der Waals surface area contributed by atoms with Gasteiger partial charge in [0.1, 0.15) is 0 Å². The van der Waals surface area contributed by atoms with Crippen LogP contribution in [-0.2, 0) is 0 Å². The largest absolute Gasteiger partial charge is 0.392 e. The lowest BCUT2D eigenvalue weighted by atomic mass is 9.47. The summed E-state index contributed by atoms with van der Waals surface area (Å²) in [4.78, 5) is 4.36. The Morgan fingerprint density at radius 1 is 1.15 bits per heavy atom. The summed E-state index contributed by atoms with van der Waals surface area (Å²) in [6, 6.07) is 4.24. The summed E-state index contributed by atoms with van der Waals surface area (Å²) < 4.78 is 0. The van der Waals surface area contributed by atoms with Gasteiger partial charge in [0.2, 0.25) is 0 Å². The topological polar surface area (TPSA) is 33.1 Å². The fourth-order valence-electron chi connectivity index (χ4n) is 8.25. The molecule has 2 heteroatoms. The number of fused-ring (bicyclic) bond motifs is 4. The van der Waals surface area contributed by atoms with Crippen LogP contribution in [0.2, 0.25) is 0 Å². The molecule has 2 nitrogen and oxygen atoms in total. The van der Waals surface area contributed by atoms with Crippen molar-refractivity contribution in [1.29, 1.82) is 0 Å². The third kappa shape index (κ3) is 1.58. The molecule has 4 saturated carbocycles. The lowest BCUT2D eigenvalue weighted by molar-refractivity contribution is -0.104. The number of hydrogen-bond acceptors (Lipinski definition) is 2. The van der Waals surface area contributed by atoms with E-state index >= 15 is 0 Å². The van der Waals surface area contributed by atoms with Gasteiger partial charge >= 0.3 is 0 Å². The maximum atomic E-state index is 11.2. The second kappa shape index (κ2) is 4.70. The van der Waals surface area contributed by atoms with Gasteiger partial charge in [-0.2, -0.15) is 0 Å². The van der Waals surface area contributed by atoms with Gasteiger partial charge in [0, 0.05) is 23.2 Å². The van der Waals surface area contributed by atoms with Crippen LogP contribution in [0.25, 0.3) is 5.57 Å². The van der Waals surface area contributed by atoms with Crippen LogP contribution >= 0.6 is 0 Å². The summed E-state index contributed by atoms with van der Waals surface area (Å²) in [5, 5.41) is 11.2. The van der Waals surface area contributed by atoms with Crippen molar-refractivity contribution in [2.45, 2.75) is 58.5 Å². The second-order valence-corrected chi connectivity index (χ2v) is 10.2. The molecule has 0 bridgehead atoms. The molecule has 5 aliphatic carbocycles. The Kier molecular flexibility index (Phi) is 2.83. The van der Waals surface area contributed by atoms with Crippen LogP contribution in [0.5, 0.6) is 0 Å². The Morgan fingerprint density at radius 2 is 2.04 bits per heavy atom. The van der Waals surface area contributed by atoms with Gasteiger partial charge in [-0.05, 0) is 78.9 Å². The summed E-state index contributed by atoms with van der Waals surface area (Å²) >= 11 is 0. The predicted octanol–water partition coefficient (Wildman–Crippen LogP) is 5.01. The second-order valence-electron chi connectivity index (χ2n) is 10.2. The van der Waals surface area contributed by atoms with E-state index in [1.54, 1.807) is 5.57 Å². The summed E-state index contributed by atoms with van der Waals surface area (Å²) in [6.07, 6.45) is 16.1. The van der Waals surface area contributed by atoms with Crippen LogP contribution in [0.15, 0.2) is 42.3 Å². The molecular formula is C24H29NO. The van der Waals surface area contributed by atoms with Crippen molar-refractivity contribution in [3.05, 3.63) is 47.8 Å². The molecule has 6 rings (SSSR count). The Hall–Kier alpha value is -1.41. The predicted molar refractivity (Wildman–Crippen MR) is 103 cm³/mol. The van der Waals surface area contributed by atoms with Crippen LogP contribution in [0.3, 0.4) is 0 Å². The molecule has 1 spiro atoms. The first-order valence-electron chi connectivity index (χ1n) is 10.5. The van der Waals surface area contributed by atoms with E-state index in [4.69, 9.17) is 0 Å². The molecule has 3 unspecified atom stereocenters. The van der Waals surface area contributed by atoms with Gasteiger partial charge in [-0.15, -0.1) is 0 Å². The monoisotopic (exact) mass is 347 g/mol. The van der Waals surface area contributed by atoms with Gasteiger partial charge in [-0.3, -0.25) is 4.98 Å². The van der Waals surface area contributed by atoms with E-state index < -0.39 is 0 Å². The molecule has 0 aliphatic heterocycles. The zero-order valence-corrected chi connectivity index (χ0v) is 15.9. The van der Waals surface area contributed by atoms with Crippen molar-refractivity contribution in [2.75, 3.05) is 0 Å². The maximum Gasteiger partial charge on any atom is 0.0610 e. The van der Waals surface area contributed by atoms with Gasteiger partial charge < -0.3 is 5.11 Å². The summed E-state index contributed by atoms with van der Waals surface area (Å²) in [5.74, 6) is 2.14. The number of aliphatic hydroxyl groups excluding tert-OH is 1. The lowest BCUT2D eigenvalue weighted by Gasteiger charge is -2.58. The molecule has 0 radical (unpaired) electrons. The molecule has 5 aliphatic rings. The molecule has 1 aromatic heterocycles.